The Hall–Kier alpha value is -3.20. The van der Waals surface area contributed by atoms with Gasteiger partial charge in [0.1, 0.15) is 0 Å². The maximum Gasteiger partial charge on any atom is 0.0449 e. The monoisotopic (exact) mass is 418 g/mol. The van der Waals surface area contributed by atoms with E-state index in [9.17, 15) is 0 Å². The number of rotatable bonds is 3. The molecule has 2 heterocycles. The molecule has 0 amide bonds. The zero-order valence-corrected chi connectivity index (χ0v) is 17.8. The topological polar surface area (TPSA) is 0 Å². The van der Waals surface area contributed by atoms with Crippen LogP contribution in [0.4, 0.5) is 0 Å². The molecule has 142 valence electrons. The number of thiophene rings is 2. The molecule has 4 aromatic carbocycles. The maximum atomic E-state index is 2.29. The third-order valence-electron chi connectivity index (χ3n) is 5.52. The lowest BCUT2D eigenvalue weighted by Crippen LogP contribution is -1.74. The van der Waals surface area contributed by atoms with Crippen molar-refractivity contribution in [1.82, 2.24) is 0 Å². The zero-order chi connectivity index (χ0) is 19.9. The first kappa shape index (κ1) is 17.6. The summed E-state index contributed by atoms with van der Waals surface area (Å²) in [5.74, 6) is 0. The van der Waals surface area contributed by atoms with E-state index in [0.717, 1.165) is 0 Å². The molecule has 0 atom stereocenters. The zero-order valence-electron chi connectivity index (χ0n) is 16.2. The van der Waals surface area contributed by atoms with Crippen molar-refractivity contribution in [2.75, 3.05) is 0 Å². The highest BCUT2D eigenvalue weighted by Gasteiger charge is 2.10. The van der Waals surface area contributed by atoms with Gasteiger partial charge >= 0.3 is 0 Å². The van der Waals surface area contributed by atoms with Gasteiger partial charge in [-0.2, -0.15) is 0 Å². The average Bonchev–Trinajstić information content (AvgIpc) is 3.48. The summed E-state index contributed by atoms with van der Waals surface area (Å²) in [6.07, 6.45) is 0. The molecule has 2 aromatic heterocycles. The molecule has 0 radical (unpaired) electrons. The van der Waals surface area contributed by atoms with Crippen molar-refractivity contribution >= 4 is 44.2 Å². The molecular weight excluding hydrogens is 400 g/mol. The lowest BCUT2D eigenvalue weighted by Gasteiger charge is -2.01. The molecule has 0 aliphatic heterocycles. The molecule has 0 nitrogen and oxygen atoms in total. The molecule has 30 heavy (non-hydrogen) atoms. The predicted molar refractivity (Wildman–Crippen MR) is 134 cm³/mol. The van der Waals surface area contributed by atoms with E-state index in [4.69, 9.17) is 0 Å². The summed E-state index contributed by atoms with van der Waals surface area (Å²) in [7, 11) is 0. The molecule has 0 saturated carbocycles. The maximum absolute atomic E-state index is 2.29. The summed E-state index contributed by atoms with van der Waals surface area (Å²) >= 11 is 3.74. The van der Waals surface area contributed by atoms with Crippen LogP contribution in [0.3, 0.4) is 0 Å². The van der Waals surface area contributed by atoms with Crippen LogP contribution in [0, 0.1) is 0 Å². The Morgan fingerprint density at radius 2 is 0.733 bits per heavy atom. The lowest BCUT2D eigenvalue weighted by atomic mass is 10.1. The largest absolute Gasteiger partial charge is 0.134 e. The average molecular weight is 419 g/mol. The van der Waals surface area contributed by atoms with Crippen LogP contribution in [-0.4, -0.2) is 0 Å². The molecule has 6 aromatic rings. The molecular formula is C28H18S2. The van der Waals surface area contributed by atoms with E-state index in [-0.39, 0.29) is 0 Å². The Bertz CT molecular complexity index is 1380. The second-order valence-corrected chi connectivity index (χ2v) is 9.62. The molecule has 0 spiro atoms. The number of hydrogen-bond donors (Lipinski definition) is 0. The number of fused-ring (bicyclic) bond motifs is 2. The standard InChI is InChI=1S/C28H18S2/c1-3-7-21-17-23(11-9-19(21)5-1)25-13-15-27(29-25)28-16-14-26(30-28)24-12-10-20-6-2-4-8-22(20)18-24/h1-18H. The Kier molecular flexibility index (Phi) is 4.26. The number of benzene rings is 4. The van der Waals surface area contributed by atoms with Crippen LogP contribution >= 0.6 is 22.7 Å². The van der Waals surface area contributed by atoms with E-state index in [1.165, 1.54) is 52.2 Å². The Labute approximate surface area is 183 Å². The summed E-state index contributed by atoms with van der Waals surface area (Å²) in [5.41, 5.74) is 2.58. The van der Waals surface area contributed by atoms with Crippen molar-refractivity contribution in [1.29, 1.82) is 0 Å². The third-order valence-corrected chi connectivity index (χ3v) is 7.99. The molecule has 0 saturated heterocycles. The van der Waals surface area contributed by atoms with Gasteiger partial charge in [-0.3, -0.25) is 0 Å². The van der Waals surface area contributed by atoms with Gasteiger partial charge in [0, 0.05) is 19.5 Å². The molecule has 2 heteroatoms. The first-order valence-corrected chi connectivity index (χ1v) is 11.7. The molecule has 6 rings (SSSR count). The van der Waals surface area contributed by atoms with Gasteiger partial charge in [-0.15, -0.1) is 22.7 Å². The van der Waals surface area contributed by atoms with Crippen molar-refractivity contribution < 1.29 is 0 Å². The van der Waals surface area contributed by atoms with Crippen LogP contribution < -0.4 is 0 Å². The fourth-order valence-corrected chi connectivity index (χ4v) is 6.03. The summed E-state index contributed by atoms with van der Waals surface area (Å²) in [6, 6.07) is 39.6. The molecule has 0 aliphatic rings. The van der Waals surface area contributed by atoms with Gasteiger partial charge in [0.2, 0.25) is 0 Å². The van der Waals surface area contributed by atoms with Crippen molar-refractivity contribution in [3.05, 3.63) is 109 Å². The Morgan fingerprint density at radius 3 is 1.20 bits per heavy atom. The highest BCUT2D eigenvalue weighted by atomic mass is 32.1. The normalized spacial score (nSPS) is 11.3. The van der Waals surface area contributed by atoms with Crippen molar-refractivity contribution in [3.8, 4) is 30.6 Å². The van der Waals surface area contributed by atoms with Crippen LogP contribution in [0.2, 0.25) is 0 Å². The Morgan fingerprint density at radius 1 is 0.333 bits per heavy atom. The lowest BCUT2D eigenvalue weighted by molar-refractivity contribution is 1.73. The van der Waals surface area contributed by atoms with E-state index in [1.54, 1.807) is 0 Å². The molecule has 0 N–H and O–H groups in total. The fraction of sp³-hybridized carbons (Fsp3) is 0. The predicted octanol–water partition coefficient (Wildman–Crippen LogP) is 9.12. The molecule has 0 unspecified atom stereocenters. The van der Waals surface area contributed by atoms with Gasteiger partial charge in [-0.1, -0.05) is 72.8 Å². The highest BCUT2D eigenvalue weighted by Crippen LogP contribution is 2.41. The van der Waals surface area contributed by atoms with Crippen molar-refractivity contribution in [3.63, 3.8) is 0 Å². The minimum absolute atomic E-state index is 1.29. The summed E-state index contributed by atoms with van der Waals surface area (Å²) in [6.45, 7) is 0. The fourth-order valence-electron chi connectivity index (χ4n) is 3.94. The van der Waals surface area contributed by atoms with Crippen LogP contribution in [0.15, 0.2) is 109 Å². The van der Waals surface area contributed by atoms with Gasteiger partial charge in [-0.05, 0) is 69.1 Å². The van der Waals surface area contributed by atoms with Crippen LogP contribution in [0.5, 0.6) is 0 Å². The van der Waals surface area contributed by atoms with E-state index < -0.39 is 0 Å². The van der Waals surface area contributed by atoms with Crippen LogP contribution in [0.25, 0.3) is 52.2 Å². The van der Waals surface area contributed by atoms with Crippen molar-refractivity contribution in [2.24, 2.45) is 0 Å². The third kappa shape index (κ3) is 3.15. The van der Waals surface area contributed by atoms with Gasteiger partial charge in [0.25, 0.3) is 0 Å². The van der Waals surface area contributed by atoms with Gasteiger partial charge in [0.15, 0.2) is 0 Å². The van der Waals surface area contributed by atoms with E-state index in [1.807, 2.05) is 22.7 Å². The summed E-state index contributed by atoms with van der Waals surface area (Å²) in [5, 5.41) is 5.16. The van der Waals surface area contributed by atoms with Crippen LogP contribution in [0.1, 0.15) is 0 Å². The number of hydrogen-bond acceptors (Lipinski definition) is 2. The summed E-state index contributed by atoms with van der Waals surface area (Å²) in [4.78, 5) is 5.29. The minimum atomic E-state index is 1.29. The molecule has 0 aliphatic carbocycles. The van der Waals surface area contributed by atoms with E-state index in [2.05, 4.69) is 109 Å². The first-order valence-electron chi connectivity index (χ1n) is 10.0. The quantitative estimate of drug-likeness (QED) is 0.269. The van der Waals surface area contributed by atoms with E-state index in [0.29, 0.717) is 0 Å². The summed E-state index contributed by atoms with van der Waals surface area (Å²) < 4.78 is 0. The minimum Gasteiger partial charge on any atom is -0.134 e. The highest BCUT2D eigenvalue weighted by molar-refractivity contribution is 7.25. The van der Waals surface area contributed by atoms with Crippen molar-refractivity contribution in [2.45, 2.75) is 0 Å². The Balaban J connectivity index is 1.33. The molecule has 0 bridgehead atoms. The van der Waals surface area contributed by atoms with E-state index >= 15 is 0 Å². The van der Waals surface area contributed by atoms with Gasteiger partial charge in [0.05, 0.1) is 0 Å². The first-order chi connectivity index (χ1) is 14.8. The van der Waals surface area contributed by atoms with Gasteiger partial charge < -0.3 is 0 Å². The SMILES string of the molecule is c1ccc2cc(-c3ccc(-c4ccc(-c5ccc6ccccc6c5)s4)s3)ccc2c1. The molecule has 0 fully saturated rings. The van der Waals surface area contributed by atoms with Crippen LogP contribution in [-0.2, 0) is 0 Å². The smallest absolute Gasteiger partial charge is 0.0449 e. The second-order valence-electron chi connectivity index (χ2n) is 7.45. The van der Waals surface area contributed by atoms with Gasteiger partial charge in [-0.25, -0.2) is 0 Å². The second kappa shape index (κ2) is 7.24.